The van der Waals surface area contributed by atoms with Gasteiger partial charge in [-0.1, -0.05) is 34.6 Å². The van der Waals surface area contributed by atoms with Gasteiger partial charge in [0.15, 0.2) is 0 Å². The number of rotatable bonds is 4. The normalized spacial score (nSPS) is 16.1. The second-order valence-corrected chi connectivity index (χ2v) is 5.05. The van der Waals surface area contributed by atoms with Crippen LogP contribution in [0.2, 0.25) is 0 Å². The Hall–Kier alpha value is -0.660. The van der Waals surface area contributed by atoms with E-state index < -0.39 is 11.3 Å². The number of carbonyl (C=O) groups excluding carboxylic acids is 2. The van der Waals surface area contributed by atoms with Crippen molar-refractivity contribution in [3.63, 3.8) is 0 Å². The van der Waals surface area contributed by atoms with Crippen LogP contribution < -0.4 is 0 Å². The zero-order valence-corrected chi connectivity index (χ0v) is 10.2. The fourth-order valence-electron chi connectivity index (χ4n) is 1.41. The number of ketones is 2. The number of carbonyl (C=O) groups is 2. The van der Waals surface area contributed by atoms with Gasteiger partial charge < -0.3 is 0 Å². The molecule has 0 aromatic rings. The molecule has 0 fully saturated rings. The van der Waals surface area contributed by atoms with Gasteiger partial charge in [0.2, 0.25) is 0 Å². The van der Waals surface area contributed by atoms with Crippen molar-refractivity contribution in [2.24, 2.45) is 17.3 Å². The van der Waals surface area contributed by atoms with Gasteiger partial charge in [-0.25, -0.2) is 0 Å². The van der Waals surface area contributed by atoms with Crippen LogP contribution in [0.4, 0.5) is 0 Å². The van der Waals surface area contributed by atoms with E-state index in [1.54, 1.807) is 6.92 Å². The molecular weight excluding hydrogens is 176 g/mol. The van der Waals surface area contributed by atoms with Gasteiger partial charge in [0.1, 0.15) is 11.6 Å². The highest BCUT2D eigenvalue weighted by molar-refractivity contribution is 6.04. The molecule has 0 radical (unpaired) electrons. The molecule has 0 N–H and O–H groups in total. The van der Waals surface area contributed by atoms with Gasteiger partial charge in [0.05, 0.1) is 5.92 Å². The van der Waals surface area contributed by atoms with E-state index in [-0.39, 0.29) is 17.5 Å². The minimum absolute atomic E-state index is 0.00343. The van der Waals surface area contributed by atoms with Gasteiger partial charge in [-0.3, -0.25) is 9.59 Å². The van der Waals surface area contributed by atoms with Crippen molar-refractivity contribution in [2.75, 3.05) is 0 Å². The molecule has 0 saturated heterocycles. The molecular formula is C12H22O2. The monoisotopic (exact) mass is 198 g/mol. The third-order valence-corrected chi connectivity index (χ3v) is 2.66. The average Bonchev–Trinajstić information content (AvgIpc) is 2.11. The Balaban J connectivity index is 4.56. The second kappa shape index (κ2) is 4.72. The first-order valence-electron chi connectivity index (χ1n) is 5.29. The van der Waals surface area contributed by atoms with E-state index in [4.69, 9.17) is 0 Å². The third-order valence-electron chi connectivity index (χ3n) is 2.66. The Morgan fingerprint density at radius 1 is 1.14 bits per heavy atom. The van der Waals surface area contributed by atoms with E-state index >= 15 is 0 Å². The van der Waals surface area contributed by atoms with Crippen LogP contribution in [0.3, 0.4) is 0 Å². The van der Waals surface area contributed by atoms with Crippen molar-refractivity contribution >= 4 is 11.6 Å². The molecule has 0 aliphatic carbocycles. The molecule has 0 aliphatic heterocycles. The van der Waals surface area contributed by atoms with Gasteiger partial charge in [-0.05, 0) is 13.3 Å². The highest BCUT2D eigenvalue weighted by atomic mass is 16.2. The van der Waals surface area contributed by atoms with Crippen LogP contribution in [0.15, 0.2) is 0 Å². The third kappa shape index (κ3) is 3.24. The summed E-state index contributed by atoms with van der Waals surface area (Å²) in [6.45, 7) is 11.1. The topological polar surface area (TPSA) is 34.1 Å². The van der Waals surface area contributed by atoms with E-state index in [9.17, 15) is 9.59 Å². The molecule has 0 amide bonds. The summed E-state index contributed by atoms with van der Waals surface area (Å²) in [5.74, 6) is -0.337. The van der Waals surface area contributed by atoms with Crippen molar-refractivity contribution in [2.45, 2.75) is 48.0 Å². The van der Waals surface area contributed by atoms with Gasteiger partial charge in [-0.15, -0.1) is 0 Å². The van der Waals surface area contributed by atoms with Crippen LogP contribution in [0.5, 0.6) is 0 Å². The minimum Gasteiger partial charge on any atom is -0.299 e. The molecule has 0 aromatic carbocycles. The standard InChI is InChI=1S/C12H22O2/c1-7-8(2)10(13)9(3)11(14)12(4,5)6/h8-9H,7H2,1-6H3. The Morgan fingerprint density at radius 3 is 1.86 bits per heavy atom. The lowest BCUT2D eigenvalue weighted by Gasteiger charge is -2.22. The number of Topliss-reactive ketones (excluding diaryl/α,β-unsaturated/α-hetero) is 2. The minimum atomic E-state index is -0.454. The van der Waals surface area contributed by atoms with Crippen LogP contribution in [-0.4, -0.2) is 11.6 Å². The predicted molar refractivity (Wildman–Crippen MR) is 58.1 cm³/mol. The van der Waals surface area contributed by atoms with Crippen LogP contribution in [0.25, 0.3) is 0 Å². The Kier molecular flexibility index (Phi) is 4.50. The van der Waals surface area contributed by atoms with Crippen LogP contribution in [0.1, 0.15) is 48.0 Å². The number of hydrogen-bond donors (Lipinski definition) is 0. The van der Waals surface area contributed by atoms with Crippen molar-refractivity contribution in [3.8, 4) is 0 Å². The van der Waals surface area contributed by atoms with E-state index in [1.165, 1.54) is 0 Å². The summed E-state index contributed by atoms with van der Waals surface area (Å²) in [5.41, 5.74) is -0.414. The summed E-state index contributed by atoms with van der Waals surface area (Å²) in [6, 6.07) is 0. The Labute approximate surface area is 87.1 Å². The summed E-state index contributed by atoms with van der Waals surface area (Å²) in [7, 11) is 0. The lowest BCUT2D eigenvalue weighted by atomic mass is 9.79. The number of hydrogen-bond acceptors (Lipinski definition) is 2. The zero-order valence-electron chi connectivity index (χ0n) is 10.2. The molecule has 0 rings (SSSR count). The molecule has 0 aromatic heterocycles. The SMILES string of the molecule is CCC(C)C(=O)C(C)C(=O)C(C)(C)C. The Morgan fingerprint density at radius 2 is 1.57 bits per heavy atom. The first-order chi connectivity index (χ1) is 6.21. The smallest absolute Gasteiger partial charge is 0.148 e. The fourth-order valence-corrected chi connectivity index (χ4v) is 1.41. The molecule has 2 heteroatoms. The molecule has 2 nitrogen and oxygen atoms in total. The summed E-state index contributed by atoms with van der Waals surface area (Å²) in [6.07, 6.45) is 0.806. The quantitative estimate of drug-likeness (QED) is 0.651. The molecule has 0 aliphatic rings. The lowest BCUT2D eigenvalue weighted by Crippen LogP contribution is -2.34. The van der Waals surface area contributed by atoms with Gasteiger partial charge >= 0.3 is 0 Å². The maximum absolute atomic E-state index is 11.8. The maximum Gasteiger partial charge on any atom is 0.148 e. The van der Waals surface area contributed by atoms with E-state index in [2.05, 4.69) is 0 Å². The van der Waals surface area contributed by atoms with Crippen LogP contribution in [0, 0.1) is 17.3 Å². The molecule has 14 heavy (non-hydrogen) atoms. The van der Waals surface area contributed by atoms with E-state index in [0.717, 1.165) is 6.42 Å². The fraction of sp³-hybridized carbons (Fsp3) is 0.833. The molecule has 0 heterocycles. The second-order valence-electron chi connectivity index (χ2n) is 5.05. The van der Waals surface area contributed by atoms with Gasteiger partial charge in [0.25, 0.3) is 0 Å². The Bertz CT molecular complexity index is 223. The molecule has 82 valence electrons. The summed E-state index contributed by atoms with van der Waals surface area (Å²) < 4.78 is 0. The van der Waals surface area contributed by atoms with Crippen LogP contribution >= 0.6 is 0 Å². The molecule has 0 bridgehead atoms. The van der Waals surface area contributed by atoms with Crippen molar-refractivity contribution in [3.05, 3.63) is 0 Å². The van der Waals surface area contributed by atoms with Crippen LogP contribution in [-0.2, 0) is 9.59 Å². The molecule has 0 spiro atoms. The lowest BCUT2D eigenvalue weighted by molar-refractivity contribution is -0.138. The predicted octanol–water partition coefficient (Wildman–Crippen LogP) is 2.85. The van der Waals surface area contributed by atoms with E-state index in [0.29, 0.717) is 0 Å². The zero-order chi connectivity index (χ0) is 11.5. The highest BCUT2D eigenvalue weighted by Gasteiger charge is 2.32. The average molecular weight is 198 g/mol. The van der Waals surface area contributed by atoms with Crippen molar-refractivity contribution in [1.82, 2.24) is 0 Å². The van der Waals surface area contributed by atoms with E-state index in [1.807, 2.05) is 34.6 Å². The van der Waals surface area contributed by atoms with Gasteiger partial charge in [0, 0.05) is 11.3 Å². The van der Waals surface area contributed by atoms with Gasteiger partial charge in [-0.2, -0.15) is 0 Å². The van der Waals surface area contributed by atoms with Crippen molar-refractivity contribution in [1.29, 1.82) is 0 Å². The largest absolute Gasteiger partial charge is 0.299 e. The van der Waals surface area contributed by atoms with Crippen molar-refractivity contribution < 1.29 is 9.59 Å². The molecule has 2 atom stereocenters. The molecule has 0 saturated carbocycles. The highest BCUT2D eigenvalue weighted by Crippen LogP contribution is 2.23. The maximum atomic E-state index is 11.8. The first-order valence-corrected chi connectivity index (χ1v) is 5.29. The summed E-state index contributed by atoms with van der Waals surface area (Å²) in [5, 5.41) is 0. The summed E-state index contributed by atoms with van der Waals surface area (Å²) in [4.78, 5) is 23.5. The first kappa shape index (κ1) is 13.3. The summed E-state index contributed by atoms with van der Waals surface area (Å²) >= 11 is 0. The molecule has 2 unspecified atom stereocenters.